The molecule has 1 rings (SSSR count). The fraction of sp³-hybridized carbons (Fsp3) is 0.923. The minimum Gasteiger partial charge on any atom is -0.468 e. The lowest BCUT2D eigenvalue weighted by Gasteiger charge is -2.35. The molecule has 0 saturated heterocycles. The Morgan fingerprint density at radius 1 is 1.41 bits per heavy atom. The van der Waals surface area contributed by atoms with Crippen LogP contribution in [0.25, 0.3) is 0 Å². The van der Waals surface area contributed by atoms with Crippen LogP contribution in [0.5, 0.6) is 0 Å². The minimum atomic E-state index is -0.211. The zero-order valence-corrected chi connectivity index (χ0v) is 11.2. The zero-order valence-electron chi connectivity index (χ0n) is 11.2. The van der Waals surface area contributed by atoms with Crippen LogP contribution < -0.4 is 11.1 Å². The molecule has 4 nitrogen and oxygen atoms in total. The summed E-state index contributed by atoms with van der Waals surface area (Å²) >= 11 is 0. The van der Waals surface area contributed by atoms with Crippen molar-refractivity contribution in [1.82, 2.24) is 5.32 Å². The van der Waals surface area contributed by atoms with Crippen molar-refractivity contribution in [3.63, 3.8) is 0 Å². The topological polar surface area (TPSA) is 64.3 Å². The van der Waals surface area contributed by atoms with E-state index in [0.717, 1.165) is 6.42 Å². The molecule has 0 aromatic heterocycles. The largest absolute Gasteiger partial charge is 0.468 e. The average molecular weight is 242 g/mol. The number of carbonyl (C=O) groups excluding carboxylic acids is 1. The number of rotatable bonds is 5. The molecule has 1 fully saturated rings. The van der Waals surface area contributed by atoms with Gasteiger partial charge in [-0.3, -0.25) is 4.79 Å². The van der Waals surface area contributed by atoms with Gasteiger partial charge < -0.3 is 15.8 Å². The van der Waals surface area contributed by atoms with Crippen molar-refractivity contribution in [2.75, 3.05) is 13.7 Å². The van der Waals surface area contributed by atoms with E-state index >= 15 is 0 Å². The zero-order chi connectivity index (χ0) is 12.8. The Balaban J connectivity index is 2.61. The maximum atomic E-state index is 11.7. The molecule has 0 amide bonds. The molecule has 0 heterocycles. The third kappa shape index (κ3) is 3.96. The molecular weight excluding hydrogens is 216 g/mol. The monoisotopic (exact) mass is 242 g/mol. The van der Waals surface area contributed by atoms with E-state index in [1.165, 1.54) is 26.4 Å². The Bertz CT molecular complexity index is 244. The lowest BCUT2D eigenvalue weighted by atomic mass is 9.83. The van der Waals surface area contributed by atoms with Crippen molar-refractivity contribution in [2.45, 2.75) is 51.6 Å². The molecule has 0 bridgehead atoms. The lowest BCUT2D eigenvalue weighted by Crippen LogP contribution is -2.51. The number of hydrogen-bond acceptors (Lipinski definition) is 4. The first-order chi connectivity index (χ1) is 8.10. The highest BCUT2D eigenvalue weighted by atomic mass is 16.5. The van der Waals surface area contributed by atoms with E-state index in [2.05, 4.69) is 5.32 Å². The van der Waals surface area contributed by atoms with Gasteiger partial charge in [-0.05, 0) is 31.2 Å². The van der Waals surface area contributed by atoms with E-state index in [0.29, 0.717) is 18.5 Å². The van der Waals surface area contributed by atoms with E-state index < -0.39 is 0 Å². The van der Waals surface area contributed by atoms with Gasteiger partial charge in [0.15, 0.2) is 0 Å². The Labute approximate surface area is 104 Å². The molecule has 17 heavy (non-hydrogen) atoms. The molecule has 0 radical (unpaired) electrons. The minimum absolute atomic E-state index is 0.165. The molecule has 2 unspecified atom stereocenters. The van der Waals surface area contributed by atoms with Gasteiger partial charge in [0.2, 0.25) is 0 Å². The SMILES string of the molecule is COC(=O)[C@@H](NC1CCCCC1CN)C(C)C. The first-order valence-corrected chi connectivity index (χ1v) is 6.64. The molecule has 0 aromatic carbocycles. The van der Waals surface area contributed by atoms with E-state index in [1.807, 2.05) is 13.8 Å². The van der Waals surface area contributed by atoms with E-state index in [-0.39, 0.29) is 17.9 Å². The molecule has 0 aromatic rings. The highest BCUT2D eigenvalue weighted by Gasteiger charge is 2.30. The van der Waals surface area contributed by atoms with Crippen molar-refractivity contribution in [1.29, 1.82) is 0 Å². The number of carbonyl (C=O) groups is 1. The van der Waals surface area contributed by atoms with Gasteiger partial charge >= 0.3 is 5.97 Å². The normalized spacial score (nSPS) is 26.9. The number of nitrogens with two attached hydrogens (primary N) is 1. The highest BCUT2D eigenvalue weighted by Crippen LogP contribution is 2.24. The van der Waals surface area contributed by atoms with Crippen LogP contribution in [-0.4, -0.2) is 31.7 Å². The molecule has 1 saturated carbocycles. The second kappa shape index (κ2) is 6.97. The van der Waals surface area contributed by atoms with Crippen molar-refractivity contribution < 1.29 is 9.53 Å². The molecule has 1 aliphatic rings. The van der Waals surface area contributed by atoms with E-state index in [9.17, 15) is 4.79 Å². The Morgan fingerprint density at radius 3 is 2.59 bits per heavy atom. The molecule has 0 aliphatic heterocycles. The summed E-state index contributed by atoms with van der Waals surface area (Å²) in [5.41, 5.74) is 5.80. The van der Waals surface area contributed by atoms with Crippen molar-refractivity contribution >= 4 is 5.97 Å². The van der Waals surface area contributed by atoms with Gasteiger partial charge in [-0.2, -0.15) is 0 Å². The summed E-state index contributed by atoms with van der Waals surface area (Å²) in [5, 5.41) is 3.45. The molecule has 4 heteroatoms. The number of esters is 1. The second-order valence-corrected chi connectivity index (χ2v) is 5.30. The molecule has 3 N–H and O–H groups in total. The first kappa shape index (κ1) is 14.5. The van der Waals surface area contributed by atoms with Crippen LogP contribution >= 0.6 is 0 Å². The summed E-state index contributed by atoms with van der Waals surface area (Å²) in [6.45, 7) is 4.77. The fourth-order valence-corrected chi connectivity index (χ4v) is 2.60. The van der Waals surface area contributed by atoms with Crippen molar-refractivity contribution in [3.8, 4) is 0 Å². The van der Waals surface area contributed by atoms with Crippen LogP contribution in [-0.2, 0) is 9.53 Å². The predicted molar refractivity (Wildman–Crippen MR) is 68.6 cm³/mol. The summed E-state index contributed by atoms with van der Waals surface area (Å²) in [6.07, 6.45) is 4.76. The summed E-state index contributed by atoms with van der Waals surface area (Å²) in [7, 11) is 1.45. The molecule has 100 valence electrons. The fourth-order valence-electron chi connectivity index (χ4n) is 2.60. The Hall–Kier alpha value is -0.610. The number of hydrogen-bond donors (Lipinski definition) is 2. The van der Waals surface area contributed by atoms with Crippen LogP contribution in [0.2, 0.25) is 0 Å². The molecule has 1 aliphatic carbocycles. The van der Waals surface area contributed by atoms with Gasteiger partial charge in [0.05, 0.1) is 7.11 Å². The number of methoxy groups -OCH3 is 1. The number of ether oxygens (including phenoxy) is 1. The summed E-state index contributed by atoms with van der Waals surface area (Å²) in [4.78, 5) is 11.7. The summed E-state index contributed by atoms with van der Waals surface area (Å²) in [5.74, 6) is 0.568. The van der Waals surface area contributed by atoms with Crippen molar-refractivity contribution in [2.24, 2.45) is 17.6 Å². The second-order valence-electron chi connectivity index (χ2n) is 5.30. The smallest absolute Gasteiger partial charge is 0.323 e. The van der Waals surface area contributed by atoms with E-state index in [4.69, 9.17) is 10.5 Å². The van der Waals surface area contributed by atoms with E-state index in [1.54, 1.807) is 0 Å². The summed E-state index contributed by atoms with van der Waals surface area (Å²) in [6, 6.07) is 0.150. The first-order valence-electron chi connectivity index (χ1n) is 6.64. The van der Waals surface area contributed by atoms with Gasteiger partial charge in [-0.15, -0.1) is 0 Å². The summed E-state index contributed by atoms with van der Waals surface area (Å²) < 4.78 is 4.85. The quantitative estimate of drug-likeness (QED) is 0.713. The van der Waals surface area contributed by atoms with Crippen LogP contribution in [0.4, 0.5) is 0 Å². The van der Waals surface area contributed by atoms with Gasteiger partial charge in [-0.1, -0.05) is 26.7 Å². The maximum absolute atomic E-state index is 11.7. The van der Waals surface area contributed by atoms with Crippen LogP contribution in [0.15, 0.2) is 0 Å². The van der Waals surface area contributed by atoms with Gasteiger partial charge in [0, 0.05) is 6.04 Å². The molecule has 0 spiro atoms. The molecular formula is C13H26N2O2. The van der Waals surface area contributed by atoms with Crippen molar-refractivity contribution in [3.05, 3.63) is 0 Å². The highest BCUT2D eigenvalue weighted by molar-refractivity contribution is 5.75. The van der Waals surface area contributed by atoms with Gasteiger partial charge in [0.25, 0.3) is 0 Å². The average Bonchev–Trinajstić information content (AvgIpc) is 2.35. The Kier molecular flexibility index (Phi) is 5.92. The lowest BCUT2D eigenvalue weighted by molar-refractivity contribution is -0.144. The van der Waals surface area contributed by atoms with Crippen LogP contribution in [0.3, 0.4) is 0 Å². The Morgan fingerprint density at radius 2 is 2.06 bits per heavy atom. The third-order valence-corrected chi connectivity index (χ3v) is 3.73. The maximum Gasteiger partial charge on any atom is 0.323 e. The van der Waals surface area contributed by atoms with Crippen LogP contribution in [0, 0.1) is 11.8 Å². The third-order valence-electron chi connectivity index (χ3n) is 3.73. The standard InChI is InChI=1S/C13H26N2O2/c1-9(2)12(13(16)17-3)15-11-7-5-4-6-10(11)8-14/h9-12,15H,4-8,14H2,1-3H3/t10?,11?,12-/m0/s1. The van der Waals surface area contributed by atoms with Gasteiger partial charge in [-0.25, -0.2) is 0 Å². The molecule has 3 atom stereocenters. The predicted octanol–water partition coefficient (Wildman–Crippen LogP) is 1.29. The van der Waals surface area contributed by atoms with Gasteiger partial charge in [0.1, 0.15) is 6.04 Å². The van der Waals surface area contributed by atoms with Crippen LogP contribution in [0.1, 0.15) is 39.5 Å². The number of nitrogens with one attached hydrogen (secondary N) is 1.